The molecule has 1 aromatic heterocycles. The van der Waals surface area contributed by atoms with E-state index < -0.39 is 0 Å². The first-order chi connectivity index (χ1) is 24.0. The number of benzene rings is 4. The number of fused-ring (bicyclic) bond motifs is 6. The maximum Gasteiger partial charge on any atom is 0.312 e. The maximum atomic E-state index is 14.9. The molecule has 4 heterocycles. The van der Waals surface area contributed by atoms with Gasteiger partial charge in [-0.3, -0.25) is 9.78 Å². The molecular weight excluding hydrogens is 601 g/mol. The lowest BCUT2D eigenvalue weighted by molar-refractivity contribution is -0.984. The van der Waals surface area contributed by atoms with E-state index in [9.17, 15) is 4.79 Å². The van der Waals surface area contributed by atoms with Crippen LogP contribution in [-0.4, -0.2) is 34.6 Å². The number of piperidine rings is 3. The third kappa shape index (κ3) is 4.73. The van der Waals surface area contributed by atoms with Crippen molar-refractivity contribution in [3.05, 3.63) is 115 Å². The zero-order valence-electron chi connectivity index (χ0n) is 28.5. The molecule has 248 valence electrons. The Kier molecular flexibility index (Phi) is 6.86. The molecule has 7 fully saturated rings. The lowest BCUT2D eigenvalue weighted by Gasteiger charge is -2.59. The van der Waals surface area contributed by atoms with Crippen LogP contribution in [0.15, 0.2) is 104 Å². The van der Waals surface area contributed by atoms with Crippen LogP contribution in [0, 0.1) is 35.0 Å². The van der Waals surface area contributed by atoms with E-state index in [-0.39, 0.29) is 23.5 Å². The molecule has 0 amide bonds. The van der Waals surface area contributed by atoms with Gasteiger partial charge in [0.1, 0.15) is 12.6 Å². The number of rotatable bonds is 7. The van der Waals surface area contributed by atoms with Crippen molar-refractivity contribution in [2.24, 2.45) is 35.0 Å². The minimum Gasteiger partial charge on any atom is -0.451 e. The Morgan fingerprint density at radius 3 is 2.16 bits per heavy atom. The highest BCUT2D eigenvalue weighted by Gasteiger charge is 2.59. The van der Waals surface area contributed by atoms with Crippen molar-refractivity contribution in [3.63, 3.8) is 0 Å². The summed E-state index contributed by atoms with van der Waals surface area (Å²) in [5, 5.41) is 6.38. The van der Waals surface area contributed by atoms with Crippen LogP contribution in [0.1, 0.15) is 68.6 Å². The Morgan fingerprint density at radius 1 is 0.857 bits per heavy atom. The van der Waals surface area contributed by atoms with E-state index in [1.807, 2.05) is 6.20 Å². The molecule has 7 aliphatic rings. The summed E-state index contributed by atoms with van der Waals surface area (Å²) >= 11 is 0. The van der Waals surface area contributed by atoms with Gasteiger partial charge < -0.3 is 9.22 Å². The predicted octanol–water partition coefficient (Wildman–Crippen LogP) is 9.95. The highest BCUT2D eigenvalue weighted by molar-refractivity contribution is 6.02. The van der Waals surface area contributed by atoms with Crippen LogP contribution in [0.2, 0.25) is 0 Å². The second-order valence-corrected chi connectivity index (χ2v) is 16.8. The molecular formula is C45H47N2O2+. The van der Waals surface area contributed by atoms with Crippen LogP contribution >= 0.6 is 0 Å². The van der Waals surface area contributed by atoms with Crippen molar-refractivity contribution in [2.45, 2.75) is 70.1 Å². The van der Waals surface area contributed by atoms with Gasteiger partial charge in [0.2, 0.25) is 0 Å². The van der Waals surface area contributed by atoms with Crippen molar-refractivity contribution >= 4 is 38.4 Å². The standard InChI is InChI=1S/C45H47N2O2/c1-2-32-27-47(28-40-36-11-5-3-9-34(36)22-35-10-4-6-12-37(35)40)18-16-33(32)23-42(47)43(39-15-17-46-41-14-8-7-13-38(39)41)49-44(48)45-24-29-19-30(25-45)21-31(20-29)26-45/h2-15,17,22,29-33,42-43H,1,16,18-21,23-28H2/q+1/t29?,30?,31?,32-,33-,42+,43+,45?,47-/m0/s1. The fourth-order valence-corrected chi connectivity index (χ4v) is 12.3. The quantitative estimate of drug-likeness (QED) is 0.0764. The Balaban J connectivity index is 1.13. The van der Waals surface area contributed by atoms with Crippen LogP contribution in [0.5, 0.6) is 0 Å². The topological polar surface area (TPSA) is 39.2 Å². The number of carbonyl (C=O) groups is 1. The van der Waals surface area contributed by atoms with E-state index in [0.717, 1.165) is 66.3 Å². The summed E-state index contributed by atoms with van der Waals surface area (Å²) in [4.78, 5) is 19.7. The zero-order valence-corrected chi connectivity index (χ0v) is 28.5. The van der Waals surface area contributed by atoms with Crippen molar-refractivity contribution < 1.29 is 14.0 Å². The molecule has 5 atom stereocenters. The van der Waals surface area contributed by atoms with Crippen molar-refractivity contribution in [1.82, 2.24) is 4.98 Å². The van der Waals surface area contributed by atoms with Crippen LogP contribution < -0.4 is 0 Å². The van der Waals surface area contributed by atoms with Gasteiger partial charge in [-0.05, 0) is 102 Å². The average molecular weight is 648 g/mol. The molecule has 0 N–H and O–H groups in total. The lowest BCUT2D eigenvalue weighted by Crippen LogP contribution is -2.68. The molecule has 4 aliphatic carbocycles. The number of aromatic nitrogens is 1. The molecule has 12 rings (SSSR count). The molecule has 4 nitrogen and oxygen atoms in total. The number of esters is 1. The van der Waals surface area contributed by atoms with Gasteiger partial charge in [-0.15, -0.1) is 6.58 Å². The van der Waals surface area contributed by atoms with E-state index >= 15 is 0 Å². The highest BCUT2D eigenvalue weighted by atomic mass is 16.5. The molecule has 4 saturated carbocycles. The van der Waals surface area contributed by atoms with E-state index in [1.54, 1.807) is 0 Å². The number of nitrogens with zero attached hydrogens (tertiary/aromatic N) is 2. The van der Waals surface area contributed by atoms with Gasteiger partial charge in [0, 0.05) is 41.5 Å². The molecule has 0 radical (unpaired) electrons. The molecule has 3 aliphatic heterocycles. The smallest absolute Gasteiger partial charge is 0.312 e. The minimum atomic E-state index is -0.330. The summed E-state index contributed by atoms with van der Waals surface area (Å²) < 4.78 is 8.14. The van der Waals surface area contributed by atoms with Gasteiger partial charge in [-0.25, -0.2) is 0 Å². The number of hydrogen-bond acceptors (Lipinski definition) is 3. The summed E-state index contributed by atoms with van der Waals surface area (Å²) in [5.41, 5.74) is 3.23. The molecule has 4 aromatic carbocycles. The van der Waals surface area contributed by atoms with Crippen molar-refractivity contribution in [2.75, 3.05) is 13.1 Å². The number of hydrogen-bond donors (Lipinski definition) is 0. The fraction of sp³-hybridized carbons (Fsp3) is 0.422. The summed E-state index contributed by atoms with van der Waals surface area (Å²) in [7, 11) is 0. The van der Waals surface area contributed by atoms with Crippen LogP contribution in [0.4, 0.5) is 0 Å². The SMILES string of the molecule is C=C[C@H]1C[N@+]2(Cc3c4ccccc4cc4ccccc34)CC[C@H]1C[C@@H]2[C@H](OC(=O)C12CC3CC(CC(C3)C1)C2)c1ccnc2ccccc12. The van der Waals surface area contributed by atoms with Gasteiger partial charge in [0.15, 0.2) is 6.10 Å². The van der Waals surface area contributed by atoms with Crippen LogP contribution in [0.3, 0.4) is 0 Å². The Labute approximate surface area is 289 Å². The van der Waals surface area contributed by atoms with E-state index in [0.29, 0.717) is 29.6 Å². The van der Waals surface area contributed by atoms with Gasteiger partial charge in [-0.1, -0.05) is 72.8 Å². The second kappa shape index (κ2) is 11.3. The van der Waals surface area contributed by atoms with Crippen LogP contribution in [0.25, 0.3) is 32.4 Å². The van der Waals surface area contributed by atoms with Gasteiger partial charge in [-0.2, -0.15) is 0 Å². The van der Waals surface area contributed by atoms with Crippen molar-refractivity contribution in [3.8, 4) is 0 Å². The molecule has 0 unspecified atom stereocenters. The number of para-hydroxylation sites is 1. The average Bonchev–Trinajstić information content (AvgIpc) is 3.13. The largest absolute Gasteiger partial charge is 0.451 e. The summed E-state index contributed by atoms with van der Waals surface area (Å²) in [6.07, 6.45) is 13.1. The normalized spacial score (nSPS) is 33.6. The van der Waals surface area contributed by atoms with Gasteiger partial charge in [0.05, 0.1) is 24.0 Å². The van der Waals surface area contributed by atoms with E-state index in [1.165, 1.54) is 52.8 Å². The molecule has 0 spiro atoms. The van der Waals surface area contributed by atoms with Gasteiger partial charge >= 0.3 is 5.97 Å². The number of pyridine rings is 1. The summed E-state index contributed by atoms with van der Waals surface area (Å²) in [6, 6.07) is 31.0. The van der Waals surface area contributed by atoms with Gasteiger partial charge in [0.25, 0.3) is 0 Å². The van der Waals surface area contributed by atoms with E-state index in [2.05, 4.69) is 97.6 Å². The van der Waals surface area contributed by atoms with Crippen LogP contribution in [-0.2, 0) is 16.1 Å². The van der Waals surface area contributed by atoms with E-state index in [4.69, 9.17) is 9.72 Å². The second-order valence-electron chi connectivity index (χ2n) is 16.8. The number of carbonyl (C=O) groups excluding carboxylic acids is 1. The Morgan fingerprint density at radius 2 is 1.49 bits per heavy atom. The predicted molar refractivity (Wildman–Crippen MR) is 197 cm³/mol. The first-order valence-corrected chi connectivity index (χ1v) is 18.9. The summed E-state index contributed by atoms with van der Waals surface area (Å²) in [5.74, 6) is 3.19. The first-order valence-electron chi connectivity index (χ1n) is 18.9. The summed E-state index contributed by atoms with van der Waals surface area (Å²) in [6.45, 7) is 7.40. The molecule has 3 saturated heterocycles. The Bertz CT molecular complexity index is 2020. The third-order valence-electron chi connectivity index (χ3n) is 14.1. The molecule has 6 bridgehead atoms. The number of ether oxygens (including phenoxy) is 1. The highest BCUT2D eigenvalue weighted by Crippen LogP contribution is 2.61. The molecule has 5 aromatic rings. The van der Waals surface area contributed by atoms with Crippen molar-refractivity contribution in [1.29, 1.82) is 0 Å². The molecule has 4 heteroatoms. The minimum absolute atomic E-state index is 0.0918. The Hall–Kier alpha value is -4.02. The monoisotopic (exact) mass is 647 g/mol. The maximum absolute atomic E-state index is 14.9. The first kappa shape index (κ1) is 29.9. The number of quaternary nitrogens is 1. The third-order valence-corrected chi connectivity index (χ3v) is 14.1. The zero-order chi connectivity index (χ0) is 32.7. The lowest BCUT2D eigenvalue weighted by atomic mass is 9.49. The fourth-order valence-electron chi connectivity index (χ4n) is 12.3. The molecule has 49 heavy (non-hydrogen) atoms.